The first-order valence-corrected chi connectivity index (χ1v) is 11.6. The number of nitrogens with zero attached hydrogens (tertiary/aromatic N) is 3. The van der Waals surface area contributed by atoms with E-state index in [4.69, 9.17) is 19.8 Å². The lowest BCUT2D eigenvalue weighted by Crippen LogP contribution is -2.48. The van der Waals surface area contributed by atoms with E-state index >= 15 is 0 Å². The number of sulfonamides is 1. The SMILES string of the molecule is O=C(O)C(=O)O.O=[N+]([O-])c1ccccc1S(=O)(=O)N1CCN(Cc2cc(Br)ccc2O)CC1. The van der Waals surface area contributed by atoms with Crippen molar-refractivity contribution < 1.29 is 38.2 Å². The average Bonchev–Trinajstić information content (AvgIpc) is 2.77. The van der Waals surface area contributed by atoms with Crippen LogP contribution in [0.3, 0.4) is 0 Å². The molecule has 33 heavy (non-hydrogen) atoms. The highest BCUT2D eigenvalue weighted by atomic mass is 79.9. The Morgan fingerprint density at radius 3 is 2.15 bits per heavy atom. The molecule has 0 unspecified atom stereocenters. The van der Waals surface area contributed by atoms with Crippen molar-refractivity contribution in [3.63, 3.8) is 0 Å². The number of carboxylic acid groups (broad SMARTS) is 2. The molecule has 12 nitrogen and oxygen atoms in total. The lowest BCUT2D eigenvalue weighted by molar-refractivity contribution is -0.387. The number of aliphatic carboxylic acids is 2. The van der Waals surface area contributed by atoms with E-state index in [0.29, 0.717) is 19.6 Å². The zero-order chi connectivity index (χ0) is 24.8. The van der Waals surface area contributed by atoms with Gasteiger partial charge in [-0.3, -0.25) is 15.0 Å². The Morgan fingerprint density at radius 1 is 1.03 bits per heavy atom. The molecule has 0 atom stereocenters. The van der Waals surface area contributed by atoms with Crippen molar-refractivity contribution in [1.82, 2.24) is 9.21 Å². The first-order valence-electron chi connectivity index (χ1n) is 9.33. The standard InChI is InChI=1S/C17H18BrN3O5S.C2H2O4/c18-14-5-6-16(22)13(11-14)12-19-7-9-20(10-8-19)27(25,26)17-4-2-1-3-15(17)21(23)24;3-1(4)2(5)6/h1-6,11,22H,7-10,12H2;(H,3,4)(H,5,6). The second-order valence-electron chi connectivity index (χ2n) is 6.79. The number of carbonyl (C=O) groups is 2. The van der Waals surface area contributed by atoms with Gasteiger partial charge in [0.15, 0.2) is 4.90 Å². The summed E-state index contributed by atoms with van der Waals surface area (Å²) in [6, 6.07) is 10.6. The molecule has 3 N–H and O–H groups in total. The summed E-state index contributed by atoms with van der Waals surface area (Å²) in [5.74, 6) is -3.46. The predicted molar refractivity (Wildman–Crippen MR) is 118 cm³/mol. The van der Waals surface area contributed by atoms with Crippen LogP contribution < -0.4 is 0 Å². The number of hydrogen-bond acceptors (Lipinski definition) is 8. The van der Waals surface area contributed by atoms with Crippen LogP contribution >= 0.6 is 15.9 Å². The third kappa shape index (κ3) is 6.95. The Bertz CT molecular complexity index is 1140. The minimum atomic E-state index is -3.94. The fourth-order valence-corrected chi connectivity index (χ4v) is 5.00. The van der Waals surface area contributed by atoms with Crippen molar-refractivity contribution in [3.8, 4) is 5.75 Å². The van der Waals surface area contributed by atoms with Crippen molar-refractivity contribution in [1.29, 1.82) is 0 Å². The van der Waals surface area contributed by atoms with Crippen molar-refractivity contribution >= 4 is 43.6 Å². The van der Waals surface area contributed by atoms with Crippen LogP contribution in [0, 0.1) is 10.1 Å². The number of benzene rings is 2. The van der Waals surface area contributed by atoms with Crippen LogP contribution in [0.15, 0.2) is 51.8 Å². The van der Waals surface area contributed by atoms with Crippen LogP contribution in [0.4, 0.5) is 5.69 Å². The number of nitro groups is 1. The summed E-state index contributed by atoms with van der Waals surface area (Å²) in [5, 5.41) is 35.9. The highest BCUT2D eigenvalue weighted by Gasteiger charge is 2.33. The van der Waals surface area contributed by atoms with Crippen molar-refractivity contribution in [2.75, 3.05) is 26.2 Å². The lowest BCUT2D eigenvalue weighted by atomic mass is 10.2. The van der Waals surface area contributed by atoms with Crippen LogP contribution in [-0.4, -0.2) is 76.0 Å². The molecule has 1 fully saturated rings. The van der Waals surface area contributed by atoms with Gasteiger partial charge >= 0.3 is 11.9 Å². The molecule has 1 saturated heterocycles. The lowest BCUT2D eigenvalue weighted by Gasteiger charge is -2.34. The number of halogens is 1. The molecular weight excluding hydrogens is 526 g/mol. The van der Waals surface area contributed by atoms with Gasteiger partial charge in [-0.25, -0.2) is 18.0 Å². The maximum Gasteiger partial charge on any atom is 0.414 e. The number of carboxylic acids is 2. The molecule has 1 aliphatic heterocycles. The number of rotatable bonds is 5. The van der Waals surface area contributed by atoms with Gasteiger partial charge in [0.25, 0.3) is 5.69 Å². The Kier molecular flexibility index (Phi) is 8.87. The zero-order valence-corrected chi connectivity index (χ0v) is 19.4. The maximum absolute atomic E-state index is 12.8. The first kappa shape index (κ1) is 26.2. The van der Waals surface area contributed by atoms with Gasteiger partial charge < -0.3 is 15.3 Å². The summed E-state index contributed by atoms with van der Waals surface area (Å²) in [4.78, 5) is 30.4. The van der Waals surface area contributed by atoms with Gasteiger partial charge in [-0.2, -0.15) is 4.31 Å². The van der Waals surface area contributed by atoms with Gasteiger partial charge in [-0.1, -0.05) is 28.1 Å². The third-order valence-corrected chi connectivity index (χ3v) is 7.07. The molecule has 0 bridgehead atoms. The third-order valence-electron chi connectivity index (χ3n) is 4.63. The number of para-hydroxylation sites is 1. The van der Waals surface area contributed by atoms with Crippen molar-refractivity contribution in [2.45, 2.75) is 11.4 Å². The summed E-state index contributed by atoms with van der Waals surface area (Å²) in [7, 11) is -3.94. The largest absolute Gasteiger partial charge is 0.508 e. The average molecular weight is 546 g/mol. The fraction of sp³-hybridized carbons (Fsp3) is 0.263. The Hall–Kier alpha value is -3.07. The van der Waals surface area contributed by atoms with E-state index in [1.54, 1.807) is 12.1 Å². The van der Waals surface area contributed by atoms with Gasteiger partial charge in [-0.05, 0) is 24.3 Å². The zero-order valence-electron chi connectivity index (χ0n) is 17.0. The molecule has 0 aliphatic carbocycles. The summed E-state index contributed by atoms with van der Waals surface area (Å²) >= 11 is 3.37. The molecule has 14 heteroatoms. The number of hydrogen-bond donors (Lipinski definition) is 3. The molecule has 2 aromatic carbocycles. The van der Waals surface area contributed by atoms with Gasteiger partial charge in [0.2, 0.25) is 10.0 Å². The van der Waals surface area contributed by atoms with E-state index in [-0.39, 0.29) is 23.7 Å². The predicted octanol–water partition coefficient (Wildman–Crippen LogP) is 1.73. The summed E-state index contributed by atoms with van der Waals surface area (Å²) < 4.78 is 27.8. The summed E-state index contributed by atoms with van der Waals surface area (Å²) in [5.41, 5.74) is 0.332. The van der Waals surface area contributed by atoms with Crippen LogP contribution in [-0.2, 0) is 26.2 Å². The smallest absolute Gasteiger partial charge is 0.414 e. The molecule has 2 aromatic rings. The molecule has 0 radical (unpaired) electrons. The topological polar surface area (TPSA) is 179 Å². The Labute approximate surface area is 197 Å². The molecule has 3 rings (SSSR count). The molecule has 0 amide bonds. The number of piperazine rings is 1. The van der Waals surface area contributed by atoms with E-state index in [1.807, 2.05) is 11.0 Å². The highest BCUT2D eigenvalue weighted by Crippen LogP contribution is 2.28. The van der Waals surface area contributed by atoms with Crippen LogP contribution in [0.25, 0.3) is 0 Å². The van der Waals surface area contributed by atoms with Crippen molar-refractivity contribution in [3.05, 3.63) is 62.6 Å². The van der Waals surface area contributed by atoms with Crippen LogP contribution in [0.1, 0.15) is 5.56 Å². The Balaban J connectivity index is 0.000000569. The highest BCUT2D eigenvalue weighted by molar-refractivity contribution is 9.10. The molecule has 1 aliphatic rings. The Morgan fingerprint density at radius 2 is 1.61 bits per heavy atom. The molecule has 0 spiro atoms. The van der Waals surface area contributed by atoms with Gasteiger partial charge in [0, 0.05) is 48.8 Å². The second kappa shape index (κ2) is 11.2. The first-order chi connectivity index (χ1) is 15.4. The molecule has 0 aromatic heterocycles. The molecular formula is C19H20BrN3O9S. The summed E-state index contributed by atoms with van der Waals surface area (Å²) in [6.45, 7) is 1.87. The van der Waals surface area contributed by atoms with Crippen LogP contribution in [0.5, 0.6) is 5.75 Å². The second-order valence-corrected chi connectivity index (χ2v) is 9.61. The minimum Gasteiger partial charge on any atom is -0.508 e. The van der Waals surface area contributed by atoms with Gasteiger partial charge in [0.05, 0.1) is 4.92 Å². The number of phenols is 1. The van der Waals surface area contributed by atoms with E-state index in [9.17, 15) is 23.6 Å². The summed E-state index contributed by atoms with van der Waals surface area (Å²) in [6.07, 6.45) is 0. The maximum atomic E-state index is 12.8. The molecule has 178 valence electrons. The van der Waals surface area contributed by atoms with Crippen molar-refractivity contribution in [2.24, 2.45) is 0 Å². The van der Waals surface area contributed by atoms with E-state index in [1.165, 1.54) is 28.6 Å². The van der Waals surface area contributed by atoms with Gasteiger partial charge in [0.1, 0.15) is 5.75 Å². The molecule has 0 saturated carbocycles. The molecule has 1 heterocycles. The minimum absolute atomic E-state index is 0.188. The monoisotopic (exact) mass is 545 g/mol. The van der Waals surface area contributed by atoms with Crippen LogP contribution in [0.2, 0.25) is 0 Å². The van der Waals surface area contributed by atoms with E-state index in [0.717, 1.165) is 10.0 Å². The quantitative estimate of drug-likeness (QED) is 0.284. The van der Waals surface area contributed by atoms with Gasteiger partial charge in [-0.15, -0.1) is 0 Å². The van der Waals surface area contributed by atoms with E-state index < -0.39 is 32.6 Å². The number of phenolic OH excluding ortho intramolecular Hbond substituents is 1. The normalized spacial score (nSPS) is 14.7. The number of nitro benzene ring substituents is 1. The van der Waals surface area contributed by atoms with E-state index in [2.05, 4.69) is 15.9 Å². The number of aromatic hydroxyl groups is 1. The fourth-order valence-electron chi connectivity index (χ4n) is 3.01.